The second kappa shape index (κ2) is 6.12. The number of methoxy groups -OCH3 is 2. The van der Waals surface area contributed by atoms with E-state index in [1.165, 1.54) is 14.2 Å². The fraction of sp³-hybridized carbons (Fsp3) is 0.350. The Balaban J connectivity index is 1.89. The number of esters is 1. The van der Waals surface area contributed by atoms with Crippen LogP contribution in [0.5, 0.6) is 23.0 Å². The smallest absolute Gasteiger partial charge is 0.309 e. The van der Waals surface area contributed by atoms with E-state index in [9.17, 15) is 15.0 Å². The number of aromatic hydroxyl groups is 2. The zero-order valence-electron chi connectivity index (χ0n) is 14.6. The highest BCUT2D eigenvalue weighted by atomic mass is 16.5. The van der Waals surface area contributed by atoms with Crippen LogP contribution in [0.1, 0.15) is 22.6 Å². The van der Waals surface area contributed by atoms with E-state index in [-0.39, 0.29) is 35.2 Å². The summed E-state index contributed by atoms with van der Waals surface area (Å²) in [5, 5.41) is 20.2. The molecule has 1 fully saturated rings. The Bertz CT molecular complexity index is 875. The SMILES string of the molecule is COc1cc([C@@H]2c3cc(O)c(OC)cc3C[C@@H]3C(=O)OC[C@@H]23)ccc1O. The summed E-state index contributed by atoms with van der Waals surface area (Å²) in [7, 11) is 2.99. The van der Waals surface area contributed by atoms with E-state index in [1.807, 2.05) is 6.07 Å². The third-order valence-electron chi connectivity index (χ3n) is 5.44. The van der Waals surface area contributed by atoms with Gasteiger partial charge in [-0.3, -0.25) is 4.79 Å². The van der Waals surface area contributed by atoms with Crippen molar-refractivity contribution in [1.29, 1.82) is 0 Å². The quantitative estimate of drug-likeness (QED) is 0.823. The van der Waals surface area contributed by atoms with Gasteiger partial charge < -0.3 is 24.4 Å². The molecule has 1 heterocycles. The van der Waals surface area contributed by atoms with Gasteiger partial charge in [0.2, 0.25) is 0 Å². The molecule has 6 nitrogen and oxygen atoms in total. The number of carbonyl (C=O) groups excluding carboxylic acids is 1. The van der Waals surface area contributed by atoms with E-state index in [4.69, 9.17) is 14.2 Å². The van der Waals surface area contributed by atoms with Gasteiger partial charge in [0.25, 0.3) is 0 Å². The van der Waals surface area contributed by atoms with Crippen molar-refractivity contribution in [3.05, 3.63) is 47.0 Å². The Morgan fingerprint density at radius 2 is 1.77 bits per heavy atom. The Kier molecular flexibility index (Phi) is 3.90. The van der Waals surface area contributed by atoms with E-state index in [0.717, 1.165) is 16.7 Å². The molecule has 3 atom stereocenters. The Morgan fingerprint density at radius 3 is 2.50 bits per heavy atom. The van der Waals surface area contributed by atoms with Gasteiger partial charge >= 0.3 is 5.97 Å². The van der Waals surface area contributed by atoms with Crippen molar-refractivity contribution in [2.75, 3.05) is 20.8 Å². The molecule has 1 aliphatic carbocycles. The predicted octanol–water partition coefficient (Wildman–Crippen LogP) is 2.59. The number of ether oxygens (including phenoxy) is 3. The minimum atomic E-state index is -0.235. The first-order valence-electron chi connectivity index (χ1n) is 8.46. The lowest BCUT2D eigenvalue weighted by Crippen LogP contribution is -2.31. The molecule has 0 saturated carbocycles. The number of phenols is 2. The first-order valence-corrected chi connectivity index (χ1v) is 8.46. The normalized spacial score (nSPS) is 23.8. The van der Waals surface area contributed by atoms with Gasteiger partial charge in [-0.15, -0.1) is 0 Å². The van der Waals surface area contributed by atoms with Gasteiger partial charge in [-0.1, -0.05) is 6.07 Å². The van der Waals surface area contributed by atoms with Crippen molar-refractivity contribution in [3.8, 4) is 23.0 Å². The number of carbonyl (C=O) groups is 1. The number of cyclic esters (lactones) is 1. The fourth-order valence-electron chi connectivity index (χ4n) is 4.18. The summed E-state index contributed by atoms with van der Waals surface area (Å²) >= 11 is 0. The molecule has 6 heteroatoms. The minimum Gasteiger partial charge on any atom is -0.504 e. The Morgan fingerprint density at radius 1 is 1.04 bits per heavy atom. The molecular formula is C20H20O6. The summed E-state index contributed by atoms with van der Waals surface area (Å²) in [5.74, 6) is 0.263. The molecule has 1 saturated heterocycles. The number of rotatable bonds is 3. The first kappa shape index (κ1) is 16.6. The number of phenolic OH excluding ortho intramolecular Hbond substituents is 2. The molecule has 2 N–H and O–H groups in total. The maximum absolute atomic E-state index is 12.2. The Hall–Kier alpha value is -2.89. The molecule has 1 aliphatic heterocycles. The van der Waals surface area contributed by atoms with Crippen LogP contribution in [-0.2, 0) is 16.0 Å². The highest BCUT2D eigenvalue weighted by Gasteiger charge is 2.47. The third kappa shape index (κ3) is 2.44. The maximum Gasteiger partial charge on any atom is 0.309 e. The maximum atomic E-state index is 12.2. The van der Waals surface area contributed by atoms with Crippen LogP contribution in [0.15, 0.2) is 30.3 Å². The number of hydrogen-bond donors (Lipinski definition) is 2. The molecule has 0 radical (unpaired) electrons. The third-order valence-corrected chi connectivity index (χ3v) is 5.44. The van der Waals surface area contributed by atoms with Crippen molar-refractivity contribution in [3.63, 3.8) is 0 Å². The van der Waals surface area contributed by atoms with E-state index in [0.29, 0.717) is 24.5 Å². The zero-order chi connectivity index (χ0) is 18.4. The van der Waals surface area contributed by atoms with E-state index < -0.39 is 0 Å². The monoisotopic (exact) mass is 356 g/mol. The standard InChI is InChI=1S/C20H20O6/c1-24-17-6-10(3-4-15(17)21)19-12-8-16(22)18(25-2)7-11(12)5-13-14(19)9-26-20(13)23/h3-4,6-8,13-14,19,21-22H,5,9H2,1-2H3/t13-,14+,19+/m0/s1. The van der Waals surface area contributed by atoms with Crippen LogP contribution >= 0.6 is 0 Å². The van der Waals surface area contributed by atoms with Gasteiger partial charge in [0, 0.05) is 11.8 Å². The van der Waals surface area contributed by atoms with Crippen molar-refractivity contribution in [2.45, 2.75) is 12.3 Å². The largest absolute Gasteiger partial charge is 0.504 e. The second-order valence-electron chi connectivity index (χ2n) is 6.74. The molecule has 26 heavy (non-hydrogen) atoms. The minimum absolute atomic E-state index is 0.0305. The molecule has 0 unspecified atom stereocenters. The summed E-state index contributed by atoms with van der Waals surface area (Å²) < 4.78 is 15.8. The highest BCUT2D eigenvalue weighted by Crippen LogP contribution is 2.50. The lowest BCUT2D eigenvalue weighted by molar-refractivity contribution is -0.141. The van der Waals surface area contributed by atoms with Crippen LogP contribution in [0.4, 0.5) is 0 Å². The average Bonchev–Trinajstić information content (AvgIpc) is 3.00. The van der Waals surface area contributed by atoms with Crippen LogP contribution in [0.3, 0.4) is 0 Å². The van der Waals surface area contributed by atoms with Crippen LogP contribution in [0.25, 0.3) is 0 Å². The molecule has 0 amide bonds. The zero-order valence-corrected chi connectivity index (χ0v) is 14.6. The summed E-state index contributed by atoms with van der Waals surface area (Å²) in [6.45, 7) is 0.337. The summed E-state index contributed by atoms with van der Waals surface area (Å²) in [5.41, 5.74) is 2.80. The van der Waals surface area contributed by atoms with Gasteiger partial charge in [0.05, 0.1) is 26.7 Å². The van der Waals surface area contributed by atoms with Crippen LogP contribution in [0, 0.1) is 11.8 Å². The van der Waals surface area contributed by atoms with Gasteiger partial charge in [-0.05, 0) is 47.4 Å². The number of fused-ring (bicyclic) bond motifs is 2. The predicted molar refractivity (Wildman–Crippen MR) is 92.8 cm³/mol. The van der Waals surface area contributed by atoms with Crippen molar-refractivity contribution >= 4 is 5.97 Å². The van der Waals surface area contributed by atoms with Crippen molar-refractivity contribution < 1.29 is 29.2 Å². The summed E-state index contributed by atoms with van der Waals surface area (Å²) in [4.78, 5) is 12.2. The van der Waals surface area contributed by atoms with Crippen molar-refractivity contribution in [2.24, 2.45) is 11.8 Å². The second-order valence-corrected chi connectivity index (χ2v) is 6.74. The summed E-state index contributed by atoms with van der Waals surface area (Å²) in [6, 6.07) is 8.67. The summed E-state index contributed by atoms with van der Waals surface area (Å²) in [6.07, 6.45) is 0.557. The first-order chi connectivity index (χ1) is 12.5. The van der Waals surface area contributed by atoms with Crippen LogP contribution < -0.4 is 9.47 Å². The molecule has 0 bridgehead atoms. The molecule has 2 aromatic carbocycles. The molecule has 2 aromatic rings. The molecule has 4 rings (SSSR count). The Labute approximate surface area is 150 Å². The van der Waals surface area contributed by atoms with Gasteiger partial charge in [-0.2, -0.15) is 0 Å². The van der Waals surface area contributed by atoms with Gasteiger partial charge in [-0.25, -0.2) is 0 Å². The van der Waals surface area contributed by atoms with E-state index in [1.54, 1.807) is 24.3 Å². The lowest BCUT2D eigenvalue weighted by atomic mass is 9.67. The van der Waals surface area contributed by atoms with Gasteiger partial charge in [0.15, 0.2) is 23.0 Å². The highest BCUT2D eigenvalue weighted by molar-refractivity contribution is 5.77. The van der Waals surface area contributed by atoms with E-state index >= 15 is 0 Å². The molecular weight excluding hydrogens is 336 g/mol. The van der Waals surface area contributed by atoms with Gasteiger partial charge in [0.1, 0.15) is 0 Å². The molecule has 2 aliphatic rings. The number of benzene rings is 2. The molecule has 0 spiro atoms. The fourth-order valence-corrected chi connectivity index (χ4v) is 4.18. The molecule has 0 aromatic heterocycles. The van der Waals surface area contributed by atoms with Crippen molar-refractivity contribution in [1.82, 2.24) is 0 Å². The topological polar surface area (TPSA) is 85.2 Å². The lowest BCUT2D eigenvalue weighted by Gasteiger charge is -2.34. The number of hydrogen-bond acceptors (Lipinski definition) is 6. The van der Waals surface area contributed by atoms with E-state index in [2.05, 4.69) is 0 Å². The average molecular weight is 356 g/mol. The van der Waals surface area contributed by atoms with Crippen LogP contribution in [-0.4, -0.2) is 37.0 Å². The van der Waals surface area contributed by atoms with Crippen LogP contribution in [0.2, 0.25) is 0 Å². The molecule has 136 valence electrons.